The number of nitrogens with one attached hydrogen (secondary N) is 2. The number of hydrogen-bond donors (Lipinski definition) is 2. The van der Waals surface area contributed by atoms with Crippen LogP contribution in [0.2, 0.25) is 0 Å². The molecule has 2 atom stereocenters. The molecule has 8 nitrogen and oxygen atoms in total. The number of amides is 1. The number of rotatable bonds is 2. The molecule has 25 heavy (non-hydrogen) atoms. The van der Waals surface area contributed by atoms with Crippen LogP contribution in [0.1, 0.15) is 30.6 Å². The van der Waals surface area contributed by atoms with Crippen molar-refractivity contribution in [1.29, 1.82) is 0 Å². The van der Waals surface area contributed by atoms with Crippen molar-refractivity contribution in [2.45, 2.75) is 32.5 Å². The minimum atomic E-state index is 0.0201. The predicted octanol–water partition coefficient (Wildman–Crippen LogP) is 1.99. The monoisotopic (exact) mass is 340 g/mol. The second-order valence-corrected chi connectivity index (χ2v) is 6.50. The fourth-order valence-electron chi connectivity index (χ4n) is 3.33. The molecule has 0 radical (unpaired) electrons. The van der Waals surface area contributed by atoms with Gasteiger partial charge in [-0.2, -0.15) is 5.21 Å². The van der Waals surface area contributed by atoms with Gasteiger partial charge in [0.05, 0.1) is 12.2 Å². The maximum Gasteiger partial charge on any atom is 0.253 e. The van der Waals surface area contributed by atoms with E-state index in [-0.39, 0.29) is 18.1 Å². The van der Waals surface area contributed by atoms with Crippen LogP contribution in [0.5, 0.6) is 0 Å². The van der Waals surface area contributed by atoms with Crippen molar-refractivity contribution in [2.24, 2.45) is 0 Å². The van der Waals surface area contributed by atoms with Gasteiger partial charge < -0.3 is 14.6 Å². The van der Waals surface area contributed by atoms with Gasteiger partial charge in [-0.25, -0.2) is 0 Å². The highest BCUT2D eigenvalue weighted by atomic mass is 16.5. The first kappa shape index (κ1) is 15.8. The van der Waals surface area contributed by atoms with Gasteiger partial charge in [0.15, 0.2) is 0 Å². The van der Waals surface area contributed by atoms with E-state index in [9.17, 15) is 4.79 Å². The molecular formula is C17H20N6O2. The van der Waals surface area contributed by atoms with Crippen LogP contribution < -0.4 is 0 Å². The summed E-state index contributed by atoms with van der Waals surface area (Å²) in [4.78, 5) is 18.0. The summed E-state index contributed by atoms with van der Waals surface area (Å²) in [5.74, 6) is 0.521. The molecule has 0 saturated carbocycles. The molecule has 4 rings (SSSR count). The van der Waals surface area contributed by atoms with Crippen molar-refractivity contribution in [3.63, 3.8) is 0 Å². The molecule has 2 N–H and O–H groups in total. The van der Waals surface area contributed by atoms with Crippen LogP contribution in [0.4, 0.5) is 0 Å². The Labute approximate surface area is 144 Å². The van der Waals surface area contributed by atoms with Gasteiger partial charge in [0.25, 0.3) is 5.91 Å². The molecule has 130 valence electrons. The summed E-state index contributed by atoms with van der Waals surface area (Å²) < 4.78 is 5.83. The Morgan fingerprint density at radius 2 is 2.20 bits per heavy atom. The van der Waals surface area contributed by atoms with E-state index in [1.165, 1.54) is 0 Å². The van der Waals surface area contributed by atoms with Crippen molar-refractivity contribution >= 4 is 16.8 Å². The fourth-order valence-corrected chi connectivity index (χ4v) is 3.33. The van der Waals surface area contributed by atoms with Crippen molar-refractivity contribution in [3.8, 4) is 11.4 Å². The number of hydrogen-bond acceptors (Lipinski definition) is 5. The number of carbonyl (C=O) groups excluding carboxylic acids is 1. The molecule has 1 aliphatic heterocycles. The zero-order valence-corrected chi connectivity index (χ0v) is 14.2. The smallest absolute Gasteiger partial charge is 0.253 e. The maximum absolute atomic E-state index is 13.0. The Balaban J connectivity index is 1.67. The first-order valence-corrected chi connectivity index (χ1v) is 8.41. The van der Waals surface area contributed by atoms with Crippen molar-refractivity contribution in [1.82, 2.24) is 30.5 Å². The largest absolute Gasteiger partial charge is 0.374 e. The van der Waals surface area contributed by atoms with Gasteiger partial charge in [-0.15, -0.1) is 10.2 Å². The van der Waals surface area contributed by atoms with E-state index >= 15 is 0 Å². The molecule has 0 aliphatic carbocycles. The van der Waals surface area contributed by atoms with Crippen LogP contribution in [0, 0.1) is 0 Å². The maximum atomic E-state index is 13.0. The van der Waals surface area contributed by atoms with E-state index in [4.69, 9.17) is 4.74 Å². The van der Waals surface area contributed by atoms with E-state index in [0.29, 0.717) is 24.5 Å². The van der Waals surface area contributed by atoms with Crippen LogP contribution in [-0.4, -0.2) is 61.7 Å². The molecule has 1 fully saturated rings. The average molecular weight is 340 g/mol. The molecule has 3 heterocycles. The van der Waals surface area contributed by atoms with E-state index in [2.05, 4.69) is 25.6 Å². The Hall–Kier alpha value is -2.74. The summed E-state index contributed by atoms with van der Waals surface area (Å²) in [6.45, 7) is 5.36. The highest BCUT2D eigenvalue weighted by Gasteiger charge is 2.24. The molecule has 0 unspecified atom stereocenters. The molecule has 0 spiro atoms. The van der Waals surface area contributed by atoms with Crippen molar-refractivity contribution < 1.29 is 9.53 Å². The summed E-state index contributed by atoms with van der Waals surface area (Å²) in [5, 5.41) is 15.0. The van der Waals surface area contributed by atoms with E-state index in [1.807, 2.05) is 43.1 Å². The van der Waals surface area contributed by atoms with Crippen molar-refractivity contribution in [2.75, 3.05) is 13.1 Å². The zero-order valence-electron chi connectivity index (χ0n) is 14.2. The molecule has 8 heteroatoms. The summed E-state index contributed by atoms with van der Waals surface area (Å²) in [5.41, 5.74) is 2.40. The Morgan fingerprint density at radius 1 is 1.32 bits per heavy atom. The van der Waals surface area contributed by atoms with E-state index in [0.717, 1.165) is 22.9 Å². The third-order valence-corrected chi connectivity index (χ3v) is 4.55. The number of aromatic amines is 2. The van der Waals surface area contributed by atoms with Gasteiger partial charge in [0.1, 0.15) is 0 Å². The number of H-pyrrole nitrogens is 2. The molecular weight excluding hydrogens is 320 g/mol. The van der Waals surface area contributed by atoms with Crippen LogP contribution in [-0.2, 0) is 4.74 Å². The fraction of sp³-hybridized carbons (Fsp3) is 0.412. The Kier molecular flexibility index (Phi) is 3.96. The number of fused-ring (bicyclic) bond motifs is 1. The summed E-state index contributed by atoms with van der Waals surface area (Å²) >= 11 is 0. The highest BCUT2D eigenvalue weighted by molar-refractivity contribution is 6.01. The third-order valence-electron chi connectivity index (χ3n) is 4.55. The van der Waals surface area contributed by atoms with Crippen LogP contribution in [0.25, 0.3) is 22.3 Å². The first-order chi connectivity index (χ1) is 12.1. The standard InChI is InChI=1S/C17H20N6O2/c1-10-5-6-23(9-11(2)25-10)17(24)12-3-4-15-13(7-12)14(8-18-15)16-19-21-22-20-16/h3-4,7-8,10-11,18H,5-6,9H2,1-2H3,(H,19,20,21,22)/t10-,11+/m1/s1. The SMILES string of the molecule is C[C@@H]1CCN(C(=O)c2ccc3[nH]cc(-c4nn[nH]n4)c3c2)C[C@H](C)O1. The lowest BCUT2D eigenvalue weighted by Crippen LogP contribution is -2.35. The van der Waals surface area contributed by atoms with E-state index in [1.54, 1.807) is 0 Å². The van der Waals surface area contributed by atoms with Crippen LogP contribution in [0.3, 0.4) is 0 Å². The second kappa shape index (κ2) is 6.29. The third kappa shape index (κ3) is 3.00. The predicted molar refractivity (Wildman–Crippen MR) is 92.0 cm³/mol. The second-order valence-electron chi connectivity index (χ2n) is 6.50. The van der Waals surface area contributed by atoms with Gasteiger partial charge in [-0.05, 0) is 43.7 Å². The average Bonchev–Trinajstić information content (AvgIpc) is 3.22. The van der Waals surface area contributed by atoms with Gasteiger partial charge >= 0.3 is 0 Å². The Bertz CT molecular complexity index is 888. The lowest BCUT2D eigenvalue weighted by molar-refractivity contribution is 0.0141. The molecule has 1 aromatic carbocycles. The number of nitrogens with zero attached hydrogens (tertiary/aromatic N) is 4. The summed E-state index contributed by atoms with van der Waals surface area (Å²) in [6, 6.07) is 5.65. The number of aromatic nitrogens is 5. The minimum Gasteiger partial charge on any atom is -0.374 e. The first-order valence-electron chi connectivity index (χ1n) is 8.41. The molecule has 1 saturated heterocycles. The molecule has 2 aromatic heterocycles. The lowest BCUT2D eigenvalue weighted by Gasteiger charge is -2.22. The molecule has 1 aliphatic rings. The summed E-state index contributed by atoms with van der Waals surface area (Å²) in [6.07, 6.45) is 2.88. The van der Waals surface area contributed by atoms with Gasteiger partial charge in [-0.3, -0.25) is 4.79 Å². The topological polar surface area (TPSA) is 99.8 Å². The highest BCUT2D eigenvalue weighted by Crippen LogP contribution is 2.27. The van der Waals surface area contributed by atoms with Gasteiger partial charge in [0, 0.05) is 41.3 Å². The number of tetrazole rings is 1. The van der Waals surface area contributed by atoms with Crippen LogP contribution in [0.15, 0.2) is 24.4 Å². The number of ether oxygens (including phenoxy) is 1. The number of carbonyl (C=O) groups is 1. The Morgan fingerprint density at radius 3 is 3.00 bits per heavy atom. The van der Waals surface area contributed by atoms with Gasteiger partial charge in [0.2, 0.25) is 5.82 Å². The van der Waals surface area contributed by atoms with Crippen molar-refractivity contribution in [3.05, 3.63) is 30.0 Å². The molecule has 1 amide bonds. The van der Waals surface area contributed by atoms with Crippen LogP contribution >= 0.6 is 0 Å². The van der Waals surface area contributed by atoms with Gasteiger partial charge in [-0.1, -0.05) is 0 Å². The lowest BCUT2D eigenvalue weighted by atomic mass is 10.1. The number of benzene rings is 1. The normalized spacial score (nSPS) is 21.4. The summed E-state index contributed by atoms with van der Waals surface area (Å²) in [7, 11) is 0. The molecule has 0 bridgehead atoms. The minimum absolute atomic E-state index is 0.0201. The quantitative estimate of drug-likeness (QED) is 0.743. The molecule has 3 aromatic rings. The zero-order chi connectivity index (χ0) is 17.4. The van der Waals surface area contributed by atoms with E-state index < -0.39 is 0 Å².